The second-order valence-corrected chi connectivity index (χ2v) is 7.63. The molecule has 6 nitrogen and oxygen atoms in total. The molecule has 0 saturated heterocycles. The molecule has 3 N–H and O–H groups in total. The minimum Gasteiger partial charge on any atom is -0.365 e. The van der Waals surface area contributed by atoms with Crippen molar-refractivity contribution in [2.45, 2.75) is 32.9 Å². The number of hydrogen-bond acceptors (Lipinski definition) is 5. The Labute approximate surface area is 156 Å². The summed E-state index contributed by atoms with van der Waals surface area (Å²) in [5.41, 5.74) is 7.89. The van der Waals surface area contributed by atoms with Gasteiger partial charge in [-0.25, -0.2) is 0 Å². The predicted molar refractivity (Wildman–Crippen MR) is 101 cm³/mol. The van der Waals surface area contributed by atoms with Gasteiger partial charge in [-0.1, -0.05) is 0 Å². The fourth-order valence-electron chi connectivity index (χ4n) is 3.08. The first-order chi connectivity index (χ1) is 12.4. The van der Waals surface area contributed by atoms with Gasteiger partial charge in [-0.2, -0.15) is 5.26 Å². The highest BCUT2D eigenvalue weighted by Gasteiger charge is 2.28. The van der Waals surface area contributed by atoms with E-state index >= 15 is 0 Å². The third-order valence-corrected chi connectivity index (χ3v) is 5.70. The molecule has 134 valence electrons. The largest absolute Gasteiger partial charge is 0.365 e. The average molecular weight is 368 g/mol. The maximum atomic E-state index is 12.5. The molecule has 1 aliphatic heterocycles. The molecular weight excluding hydrogens is 348 g/mol. The zero-order chi connectivity index (χ0) is 18.8. The van der Waals surface area contributed by atoms with Crippen molar-refractivity contribution in [3.63, 3.8) is 0 Å². The number of carbonyl (C=O) groups excluding carboxylic acids is 2. The number of rotatable bonds is 4. The molecule has 0 fully saturated rings. The number of anilines is 1. The van der Waals surface area contributed by atoms with E-state index in [0.29, 0.717) is 27.7 Å². The van der Waals surface area contributed by atoms with Gasteiger partial charge in [0.05, 0.1) is 17.2 Å². The normalized spacial score (nSPS) is 13.9. The summed E-state index contributed by atoms with van der Waals surface area (Å²) in [6.07, 6.45) is 0.745. The Balaban J connectivity index is 1.89. The third-order valence-electron chi connectivity index (χ3n) is 4.57. The van der Waals surface area contributed by atoms with E-state index in [-0.39, 0.29) is 5.91 Å². The first-order valence-corrected chi connectivity index (χ1v) is 9.22. The zero-order valence-electron chi connectivity index (χ0n) is 14.7. The number of amides is 2. The summed E-state index contributed by atoms with van der Waals surface area (Å²) in [4.78, 5) is 27.9. The van der Waals surface area contributed by atoms with Gasteiger partial charge in [0.15, 0.2) is 0 Å². The Morgan fingerprint density at radius 3 is 2.58 bits per heavy atom. The number of nitriles is 1. The minimum absolute atomic E-state index is 0.323. The van der Waals surface area contributed by atoms with Gasteiger partial charge in [-0.15, -0.1) is 11.3 Å². The molecule has 7 heteroatoms. The molecule has 0 spiro atoms. The number of fused-ring (bicyclic) bond motifs is 1. The molecule has 26 heavy (non-hydrogen) atoms. The minimum atomic E-state index is -0.518. The van der Waals surface area contributed by atoms with Gasteiger partial charge < -0.3 is 11.1 Å². The summed E-state index contributed by atoms with van der Waals surface area (Å²) in [5.74, 6) is -0.841. The number of hydrogen-bond donors (Lipinski definition) is 2. The molecule has 0 saturated carbocycles. The number of nitrogens with one attached hydrogen (secondary N) is 1. The second-order valence-electron chi connectivity index (χ2n) is 6.53. The lowest BCUT2D eigenvalue weighted by atomic mass is 10.0. The van der Waals surface area contributed by atoms with Crippen LogP contribution in [0.4, 0.5) is 5.00 Å². The van der Waals surface area contributed by atoms with E-state index in [2.05, 4.69) is 24.1 Å². The van der Waals surface area contributed by atoms with Crippen LogP contribution in [-0.4, -0.2) is 29.3 Å². The highest BCUT2D eigenvalue weighted by molar-refractivity contribution is 7.17. The predicted octanol–water partition coefficient (Wildman–Crippen LogP) is 2.74. The van der Waals surface area contributed by atoms with E-state index in [9.17, 15) is 9.59 Å². The highest BCUT2D eigenvalue weighted by Crippen LogP contribution is 2.37. The van der Waals surface area contributed by atoms with E-state index in [1.54, 1.807) is 24.3 Å². The van der Waals surface area contributed by atoms with E-state index < -0.39 is 5.91 Å². The van der Waals surface area contributed by atoms with Crippen molar-refractivity contribution in [3.05, 3.63) is 51.4 Å². The molecule has 1 aromatic carbocycles. The van der Waals surface area contributed by atoms with Crippen LogP contribution in [0.2, 0.25) is 0 Å². The lowest BCUT2D eigenvalue weighted by Crippen LogP contribution is -2.35. The lowest BCUT2D eigenvalue weighted by molar-refractivity contribution is 0.0999. The third kappa shape index (κ3) is 3.47. The number of primary amides is 1. The van der Waals surface area contributed by atoms with E-state index in [4.69, 9.17) is 11.0 Å². The summed E-state index contributed by atoms with van der Waals surface area (Å²) < 4.78 is 0. The van der Waals surface area contributed by atoms with Crippen molar-refractivity contribution in [1.29, 1.82) is 5.26 Å². The Hall–Kier alpha value is -2.69. The summed E-state index contributed by atoms with van der Waals surface area (Å²) in [5, 5.41) is 12.2. The van der Waals surface area contributed by atoms with E-state index in [1.165, 1.54) is 11.3 Å². The van der Waals surface area contributed by atoms with E-state index in [0.717, 1.165) is 30.0 Å². The molecule has 0 aliphatic carbocycles. The van der Waals surface area contributed by atoms with Gasteiger partial charge in [0.2, 0.25) is 0 Å². The summed E-state index contributed by atoms with van der Waals surface area (Å²) in [6, 6.07) is 8.79. The Morgan fingerprint density at radius 2 is 2.00 bits per heavy atom. The quantitative estimate of drug-likeness (QED) is 0.867. The maximum absolute atomic E-state index is 12.5. The van der Waals surface area contributed by atoms with Crippen LogP contribution in [0.15, 0.2) is 24.3 Å². The zero-order valence-corrected chi connectivity index (χ0v) is 15.5. The van der Waals surface area contributed by atoms with Crippen LogP contribution in [0.25, 0.3) is 0 Å². The molecule has 0 unspecified atom stereocenters. The van der Waals surface area contributed by atoms with Crippen molar-refractivity contribution < 1.29 is 9.59 Å². The van der Waals surface area contributed by atoms with E-state index in [1.807, 2.05) is 6.07 Å². The molecule has 0 atom stereocenters. The van der Waals surface area contributed by atoms with Gasteiger partial charge in [0.1, 0.15) is 5.00 Å². The van der Waals surface area contributed by atoms with Crippen molar-refractivity contribution in [2.24, 2.45) is 5.73 Å². The van der Waals surface area contributed by atoms with Crippen LogP contribution < -0.4 is 11.1 Å². The molecule has 0 bridgehead atoms. The van der Waals surface area contributed by atoms with Crippen LogP contribution in [-0.2, 0) is 13.0 Å². The van der Waals surface area contributed by atoms with Crippen LogP contribution in [0.1, 0.15) is 50.6 Å². The molecule has 3 rings (SSSR count). The Kier molecular flexibility index (Phi) is 5.07. The van der Waals surface area contributed by atoms with Crippen molar-refractivity contribution in [1.82, 2.24) is 4.90 Å². The summed E-state index contributed by atoms with van der Waals surface area (Å²) in [7, 11) is 0. The standard InChI is InChI=1S/C19H20N4O2S/c1-11(2)23-8-7-14-15(10-23)26-19(16(14)17(21)24)22-18(25)13-5-3-12(9-20)4-6-13/h3-6,11H,7-8,10H2,1-2H3,(H2,21,24)(H,22,25). The topological polar surface area (TPSA) is 99.2 Å². The fourth-order valence-corrected chi connectivity index (χ4v) is 4.36. The van der Waals surface area contributed by atoms with Crippen molar-refractivity contribution in [2.75, 3.05) is 11.9 Å². The number of nitrogens with two attached hydrogens (primary N) is 1. The van der Waals surface area contributed by atoms with Crippen LogP contribution in [0.3, 0.4) is 0 Å². The maximum Gasteiger partial charge on any atom is 0.256 e. The first kappa shape index (κ1) is 18.1. The van der Waals surface area contributed by atoms with Gasteiger partial charge in [-0.05, 0) is 50.1 Å². The molecule has 1 aromatic heterocycles. The molecule has 2 aromatic rings. The van der Waals surface area contributed by atoms with Gasteiger partial charge >= 0.3 is 0 Å². The lowest BCUT2D eigenvalue weighted by Gasteiger charge is -2.30. The number of benzene rings is 1. The second kappa shape index (κ2) is 7.28. The van der Waals surface area contributed by atoms with Gasteiger partial charge in [0.25, 0.3) is 11.8 Å². The number of thiophene rings is 1. The molecule has 2 heterocycles. The molecule has 1 aliphatic rings. The number of nitrogens with zero attached hydrogens (tertiary/aromatic N) is 2. The molecule has 2 amide bonds. The van der Waals surface area contributed by atoms with Crippen molar-refractivity contribution in [3.8, 4) is 6.07 Å². The van der Waals surface area contributed by atoms with Gasteiger partial charge in [0, 0.05) is 29.6 Å². The SMILES string of the molecule is CC(C)N1CCc2c(sc(NC(=O)c3ccc(C#N)cc3)c2C(N)=O)C1. The number of carbonyl (C=O) groups is 2. The Bertz CT molecular complexity index is 893. The van der Waals surface area contributed by atoms with Crippen molar-refractivity contribution >= 4 is 28.2 Å². The summed E-state index contributed by atoms with van der Waals surface area (Å²) >= 11 is 1.42. The fraction of sp³-hybridized carbons (Fsp3) is 0.316. The monoisotopic (exact) mass is 368 g/mol. The van der Waals surface area contributed by atoms with Crippen LogP contribution in [0, 0.1) is 11.3 Å². The van der Waals surface area contributed by atoms with Gasteiger partial charge in [-0.3, -0.25) is 14.5 Å². The first-order valence-electron chi connectivity index (χ1n) is 8.40. The summed E-state index contributed by atoms with van der Waals surface area (Å²) in [6.45, 7) is 5.90. The Morgan fingerprint density at radius 1 is 1.31 bits per heavy atom. The molecule has 0 radical (unpaired) electrons. The molecular formula is C19H20N4O2S. The highest BCUT2D eigenvalue weighted by atomic mass is 32.1. The van der Waals surface area contributed by atoms with Crippen LogP contribution >= 0.6 is 11.3 Å². The average Bonchev–Trinajstić information content (AvgIpc) is 2.98. The van der Waals surface area contributed by atoms with Crippen LogP contribution in [0.5, 0.6) is 0 Å². The smallest absolute Gasteiger partial charge is 0.256 e.